The molecule has 2 nitrogen and oxygen atoms in total. The van der Waals surface area contributed by atoms with Crippen LogP contribution < -0.4 is 5.32 Å². The van der Waals surface area contributed by atoms with Gasteiger partial charge in [0.25, 0.3) is 0 Å². The van der Waals surface area contributed by atoms with Crippen LogP contribution in [-0.4, -0.2) is 25.8 Å². The molecule has 0 aliphatic heterocycles. The standard InChI is InChI=1S/C18H37NO/c1-4-5-6-7-8-11-14-17(19-2)18(20-3)15-12-9-10-13-16-18/h17,19H,4-16H2,1-3H3. The van der Waals surface area contributed by atoms with Gasteiger partial charge in [0.15, 0.2) is 0 Å². The summed E-state index contributed by atoms with van der Waals surface area (Å²) in [6, 6.07) is 0.539. The molecule has 0 aromatic carbocycles. The summed E-state index contributed by atoms with van der Waals surface area (Å²) in [5.74, 6) is 0. The lowest BCUT2D eigenvalue weighted by Crippen LogP contribution is -2.50. The van der Waals surface area contributed by atoms with Gasteiger partial charge in [0.05, 0.1) is 5.60 Å². The molecule has 0 spiro atoms. The number of ether oxygens (including phenoxy) is 1. The van der Waals surface area contributed by atoms with Crippen molar-refractivity contribution in [3.8, 4) is 0 Å². The van der Waals surface area contributed by atoms with E-state index in [1.165, 1.54) is 83.5 Å². The van der Waals surface area contributed by atoms with Gasteiger partial charge in [-0.3, -0.25) is 0 Å². The third-order valence-electron chi connectivity index (χ3n) is 5.19. The van der Waals surface area contributed by atoms with E-state index in [4.69, 9.17) is 4.74 Å². The molecule has 0 bridgehead atoms. The predicted molar refractivity (Wildman–Crippen MR) is 88.3 cm³/mol. The van der Waals surface area contributed by atoms with Crippen molar-refractivity contribution >= 4 is 0 Å². The van der Waals surface area contributed by atoms with Crippen LogP contribution in [0.4, 0.5) is 0 Å². The van der Waals surface area contributed by atoms with Gasteiger partial charge in [-0.15, -0.1) is 0 Å². The Balaban J connectivity index is 2.37. The van der Waals surface area contributed by atoms with E-state index in [0.29, 0.717) is 6.04 Å². The van der Waals surface area contributed by atoms with E-state index in [1.807, 2.05) is 7.11 Å². The van der Waals surface area contributed by atoms with E-state index < -0.39 is 0 Å². The molecule has 1 rings (SSSR count). The summed E-state index contributed by atoms with van der Waals surface area (Å²) >= 11 is 0. The van der Waals surface area contributed by atoms with Gasteiger partial charge in [0.1, 0.15) is 0 Å². The summed E-state index contributed by atoms with van der Waals surface area (Å²) < 4.78 is 6.04. The van der Waals surface area contributed by atoms with E-state index in [0.717, 1.165) is 0 Å². The van der Waals surface area contributed by atoms with Gasteiger partial charge in [-0.05, 0) is 26.3 Å². The largest absolute Gasteiger partial charge is 0.377 e. The molecule has 0 radical (unpaired) electrons. The molecule has 1 N–H and O–H groups in total. The summed E-state index contributed by atoms with van der Waals surface area (Å²) in [5, 5.41) is 3.57. The molecule has 0 aromatic rings. The zero-order valence-corrected chi connectivity index (χ0v) is 14.2. The van der Waals surface area contributed by atoms with Gasteiger partial charge in [-0.2, -0.15) is 0 Å². The van der Waals surface area contributed by atoms with Crippen molar-refractivity contribution in [2.45, 2.75) is 102 Å². The van der Waals surface area contributed by atoms with Gasteiger partial charge >= 0.3 is 0 Å². The van der Waals surface area contributed by atoms with Crippen molar-refractivity contribution in [1.82, 2.24) is 5.32 Å². The first-order chi connectivity index (χ1) is 9.79. The molecule has 1 unspecified atom stereocenters. The molecule has 2 heteroatoms. The van der Waals surface area contributed by atoms with E-state index in [9.17, 15) is 0 Å². The number of rotatable bonds is 10. The molecule has 20 heavy (non-hydrogen) atoms. The highest BCUT2D eigenvalue weighted by Gasteiger charge is 2.37. The molecule has 1 fully saturated rings. The van der Waals surface area contributed by atoms with Gasteiger partial charge in [0, 0.05) is 13.2 Å². The van der Waals surface area contributed by atoms with E-state index in [1.54, 1.807) is 0 Å². The molecule has 1 aliphatic carbocycles. The quantitative estimate of drug-likeness (QED) is 0.447. The first-order valence-corrected chi connectivity index (χ1v) is 9.01. The first kappa shape index (κ1) is 18.0. The summed E-state index contributed by atoms with van der Waals surface area (Å²) in [5.41, 5.74) is 0.106. The fourth-order valence-corrected chi connectivity index (χ4v) is 3.82. The summed E-state index contributed by atoms with van der Waals surface area (Å²) in [7, 11) is 4.05. The van der Waals surface area contributed by atoms with Crippen LogP contribution in [0.2, 0.25) is 0 Å². The van der Waals surface area contributed by atoms with E-state index in [-0.39, 0.29) is 5.60 Å². The summed E-state index contributed by atoms with van der Waals surface area (Å²) in [4.78, 5) is 0. The Morgan fingerprint density at radius 1 is 0.950 bits per heavy atom. The smallest absolute Gasteiger partial charge is 0.0830 e. The summed E-state index contributed by atoms with van der Waals surface area (Å²) in [6.07, 6.45) is 17.5. The lowest BCUT2D eigenvalue weighted by Gasteiger charge is -2.39. The minimum atomic E-state index is 0.106. The van der Waals surface area contributed by atoms with Crippen molar-refractivity contribution in [2.75, 3.05) is 14.2 Å². The number of methoxy groups -OCH3 is 1. The lowest BCUT2D eigenvalue weighted by molar-refractivity contribution is -0.0535. The van der Waals surface area contributed by atoms with Crippen LogP contribution in [0.3, 0.4) is 0 Å². The average Bonchev–Trinajstić information content (AvgIpc) is 2.73. The molecule has 0 saturated heterocycles. The van der Waals surface area contributed by atoms with Gasteiger partial charge < -0.3 is 10.1 Å². The van der Waals surface area contributed by atoms with E-state index in [2.05, 4.69) is 19.3 Å². The van der Waals surface area contributed by atoms with Crippen LogP contribution in [0, 0.1) is 0 Å². The normalized spacial score (nSPS) is 20.6. The van der Waals surface area contributed by atoms with Crippen molar-refractivity contribution < 1.29 is 4.74 Å². The molecule has 1 aliphatic rings. The Bertz CT molecular complexity index is 221. The molecule has 120 valence electrons. The average molecular weight is 284 g/mol. The van der Waals surface area contributed by atoms with Crippen LogP contribution in [0.5, 0.6) is 0 Å². The minimum Gasteiger partial charge on any atom is -0.377 e. The Kier molecular flexibility index (Phi) is 9.54. The molecule has 1 saturated carbocycles. The highest BCUT2D eigenvalue weighted by molar-refractivity contribution is 4.93. The van der Waals surface area contributed by atoms with Crippen LogP contribution >= 0.6 is 0 Å². The van der Waals surface area contributed by atoms with E-state index >= 15 is 0 Å². The Hall–Kier alpha value is -0.0800. The highest BCUT2D eigenvalue weighted by atomic mass is 16.5. The molecule has 0 heterocycles. The molecule has 0 aromatic heterocycles. The van der Waals surface area contributed by atoms with Crippen LogP contribution in [0.15, 0.2) is 0 Å². The molecule has 1 atom stereocenters. The van der Waals surface area contributed by atoms with Gasteiger partial charge in [-0.1, -0.05) is 71.1 Å². The van der Waals surface area contributed by atoms with Crippen LogP contribution in [0.1, 0.15) is 90.4 Å². The Morgan fingerprint density at radius 3 is 2.10 bits per heavy atom. The number of likely N-dealkylation sites (N-methyl/N-ethyl adjacent to an activating group) is 1. The van der Waals surface area contributed by atoms with Crippen molar-refractivity contribution in [1.29, 1.82) is 0 Å². The number of nitrogens with one attached hydrogen (secondary N) is 1. The number of hydrogen-bond acceptors (Lipinski definition) is 2. The summed E-state index contributed by atoms with van der Waals surface area (Å²) in [6.45, 7) is 2.28. The van der Waals surface area contributed by atoms with Crippen molar-refractivity contribution in [3.63, 3.8) is 0 Å². The SMILES string of the molecule is CCCCCCCCC(NC)C1(OC)CCCCCC1. The maximum Gasteiger partial charge on any atom is 0.0830 e. The van der Waals surface area contributed by atoms with Crippen LogP contribution in [0.25, 0.3) is 0 Å². The number of unbranched alkanes of at least 4 members (excludes halogenated alkanes) is 5. The first-order valence-electron chi connectivity index (χ1n) is 9.01. The second-order valence-corrected chi connectivity index (χ2v) is 6.58. The Labute approximate surface area is 127 Å². The third-order valence-corrected chi connectivity index (χ3v) is 5.19. The van der Waals surface area contributed by atoms with Crippen molar-refractivity contribution in [2.24, 2.45) is 0 Å². The third kappa shape index (κ3) is 5.73. The highest BCUT2D eigenvalue weighted by Crippen LogP contribution is 2.34. The van der Waals surface area contributed by atoms with Gasteiger partial charge in [-0.25, -0.2) is 0 Å². The lowest BCUT2D eigenvalue weighted by atomic mass is 9.83. The minimum absolute atomic E-state index is 0.106. The maximum absolute atomic E-state index is 6.04. The maximum atomic E-state index is 6.04. The zero-order chi connectivity index (χ0) is 14.7. The number of hydrogen-bond donors (Lipinski definition) is 1. The fraction of sp³-hybridized carbons (Fsp3) is 1.00. The Morgan fingerprint density at radius 2 is 1.55 bits per heavy atom. The van der Waals surface area contributed by atoms with Gasteiger partial charge in [0.2, 0.25) is 0 Å². The molecular formula is C18H37NO. The fourth-order valence-electron chi connectivity index (χ4n) is 3.82. The second-order valence-electron chi connectivity index (χ2n) is 6.58. The topological polar surface area (TPSA) is 21.3 Å². The van der Waals surface area contributed by atoms with Crippen LogP contribution in [-0.2, 0) is 4.74 Å². The molecule has 0 amide bonds. The monoisotopic (exact) mass is 283 g/mol. The second kappa shape index (κ2) is 10.6. The molecular weight excluding hydrogens is 246 g/mol. The predicted octanol–water partition coefficient (Wildman–Crippen LogP) is 5.06. The van der Waals surface area contributed by atoms with Crippen molar-refractivity contribution in [3.05, 3.63) is 0 Å². The zero-order valence-electron chi connectivity index (χ0n) is 14.2.